The van der Waals surface area contributed by atoms with Gasteiger partial charge < -0.3 is 11.1 Å². The molecule has 0 aliphatic heterocycles. The lowest BCUT2D eigenvalue weighted by Gasteiger charge is -2.05. The van der Waals surface area contributed by atoms with E-state index in [0.29, 0.717) is 23.7 Å². The largest absolute Gasteiger partial charge is 0.365 e. The molecule has 2 aromatic rings. The number of hydrogen-bond donors (Lipinski definition) is 2. The highest BCUT2D eigenvalue weighted by atomic mass is 32.2. The number of carbonyl (C=O) groups excluding carboxylic acids is 1. The van der Waals surface area contributed by atoms with Gasteiger partial charge in [-0.3, -0.25) is 4.79 Å². The summed E-state index contributed by atoms with van der Waals surface area (Å²) in [5.74, 6) is -0.0484. The second-order valence-corrected chi connectivity index (χ2v) is 5.34. The van der Waals surface area contributed by atoms with Crippen LogP contribution in [0.2, 0.25) is 0 Å². The average molecular weight is 318 g/mol. The molecule has 0 atom stereocenters. The van der Waals surface area contributed by atoms with Gasteiger partial charge in [-0.1, -0.05) is 6.07 Å². The molecule has 2 rings (SSSR count). The van der Waals surface area contributed by atoms with E-state index in [2.05, 4.69) is 15.3 Å². The highest BCUT2D eigenvalue weighted by Crippen LogP contribution is 2.20. The lowest BCUT2D eigenvalue weighted by atomic mass is 10.1. The molecule has 1 aromatic heterocycles. The summed E-state index contributed by atoms with van der Waals surface area (Å²) in [7, 11) is 0. The number of aromatic nitrogens is 2. The molecule has 5 nitrogen and oxygen atoms in total. The van der Waals surface area contributed by atoms with Gasteiger partial charge in [0.15, 0.2) is 0 Å². The van der Waals surface area contributed by atoms with Crippen LogP contribution < -0.4 is 11.1 Å². The van der Waals surface area contributed by atoms with Crippen molar-refractivity contribution in [2.24, 2.45) is 5.73 Å². The molecule has 0 fully saturated rings. The highest BCUT2D eigenvalue weighted by Gasteiger charge is 2.06. The number of thioether (sulfide) groups is 1. The maximum absolute atomic E-state index is 11.8. The minimum atomic E-state index is -0.503. The van der Waals surface area contributed by atoms with Crippen molar-refractivity contribution in [3.05, 3.63) is 53.6 Å². The molecule has 1 amide bonds. The Bertz CT molecular complexity index is 718. The van der Waals surface area contributed by atoms with Gasteiger partial charge in [0.1, 0.15) is 6.33 Å². The summed E-state index contributed by atoms with van der Waals surface area (Å²) in [6, 6.07) is 5.60. The van der Waals surface area contributed by atoms with Crippen LogP contribution in [0.3, 0.4) is 0 Å². The van der Waals surface area contributed by atoms with Crippen LogP contribution in [0, 0.1) is 0 Å². The summed E-state index contributed by atoms with van der Waals surface area (Å²) in [6.07, 6.45) is 6.73. The number of carbonyl (C=O) groups is 1. The minimum absolute atomic E-state index is 0.392. The number of primary amides is 1. The average Bonchev–Trinajstić information content (AvgIpc) is 2.53. The van der Waals surface area contributed by atoms with E-state index in [1.54, 1.807) is 12.3 Å². The molecule has 0 bridgehead atoms. The van der Waals surface area contributed by atoms with E-state index in [1.807, 2.05) is 18.2 Å². The van der Waals surface area contributed by atoms with Gasteiger partial charge in [-0.2, -0.15) is 0 Å². The van der Waals surface area contributed by atoms with Gasteiger partial charge >= 0.3 is 0 Å². The molecule has 0 saturated heterocycles. The Labute approximate surface area is 131 Å². The number of halogens is 1. The zero-order chi connectivity index (χ0) is 15.8. The first-order valence-electron chi connectivity index (χ1n) is 6.50. The van der Waals surface area contributed by atoms with Crippen LogP contribution in [0.1, 0.15) is 5.56 Å². The minimum Gasteiger partial charge on any atom is -0.365 e. The summed E-state index contributed by atoms with van der Waals surface area (Å²) in [5.41, 5.74) is 7.06. The molecule has 0 aliphatic rings. The Hall–Kier alpha value is -2.25. The first-order valence-corrected chi connectivity index (χ1v) is 7.49. The predicted octanol–water partition coefficient (Wildman–Crippen LogP) is 2.22. The third-order valence-corrected chi connectivity index (χ3v) is 3.73. The number of nitrogens with two attached hydrogens (primary N) is 1. The van der Waals surface area contributed by atoms with Crippen molar-refractivity contribution in [2.45, 2.75) is 0 Å². The van der Waals surface area contributed by atoms with Crippen LogP contribution in [0.15, 0.2) is 48.0 Å². The van der Waals surface area contributed by atoms with Gasteiger partial charge in [-0.05, 0) is 29.8 Å². The maximum atomic E-state index is 11.8. The van der Waals surface area contributed by atoms with Gasteiger partial charge in [0.05, 0.1) is 16.8 Å². The van der Waals surface area contributed by atoms with Crippen LogP contribution >= 0.6 is 11.8 Å². The molecule has 0 spiro atoms. The van der Waals surface area contributed by atoms with Gasteiger partial charge in [0.2, 0.25) is 0 Å². The molecular formula is C15H15FN4OS. The van der Waals surface area contributed by atoms with E-state index in [9.17, 15) is 9.18 Å². The second kappa shape index (κ2) is 8.26. The molecule has 0 unspecified atom stereocenters. The van der Waals surface area contributed by atoms with Gasteiger partial charge in [-0.15, -0.1) is 11.8 Å². The molecule has 1 heterocycles. The number of nitrogens with zero attached hydrogens (tertiary/aromatic N) is 2. The highest BCUT2D eigenvalue weighted by molar-refractivity contribution is 8.04. The van der Waals surface area contributed by atoms with E-state index >= 15 is 0 Å². The molecular weight excluding hydrogens is 303 g/mol. The lowest BCUT2D eigenvalue weighted by molar-refractivity contribution is -0.113. The topological polar surface area (TPSA) is 80.9 Å². The van der Waals surface area contributed by atoms with Crippen LogP contribution in [-0.4, -0.2) is 28.3 Å². The maximum Gasteiger partial charge on any atom is 0.255 e. The Morgan fingerprint density at radius 1 is 1.45 bits per heavy atom. The quantitative estimate of drug-likeness (QED) is 0.465. The third-order valence-electron chi connectivity index (χ3n) is 2.75. The summed E-state index contributed by atoms with van der Waals surface area (Å²) >= 11 is 1.27. The Balaban J connectivity index is 2.11. The van der Waals surface area contributed by atoms with Crippen molar-refractivity contribution in [1.82, 2.24) is 15.3 Å². The molecule has 1 aromatic carbocycles. The summed E-state index contributed by atoms with van der Waals surface area (Å²) in [6.45, 7) is 0.392. The lowest BCUT2D eigenvalue weighted by Crippen LogP contribution is -2.17. The Morgan fingerprint density at radius 3 is 3.09 bits per heavy atom. The van der Waals surface area contributed by atoms with E-state index in [4.69, 9.17) is 5.73 Å². The Morgan fingerprint density at radius 2 is 2.32 bits per heavy atom. The number of fused-ring (bicyclic) bond motifs is 1. The van der Waals surface area contributed by atoms with Gasteiger partial charge in [0, 0.05) is 24.0 Å². The second-order valence-electron chi connectivity index (χ2n) is 4.32. The van der Waals surface area contributed by atoms with Crippen molar-refractivity contribution in [1.29, 1.82) is 0 Å². The number of amides is 1. The van der Waals surface area contributed by atoms with Crippen molar-refractivity contribution < 1.29 is 9.18 Å². The number of hydrogen-bond acceptors (Lipinski definition) is 5. The van der Waals surface area contributed by atoms with Crippen molar-refractivity contribution >= 4 is 34.6 Å². The summed E-state index contributed by atoms with van der Waals surface area (Å²) < 4.78 is 11.8. The molecule has 22 heavy (non-hydrogen) atoms. The zero-order valence-corrected chi connectivity index (χ0v) is 12.5. The fourth-order valence-corrected chi connectivity index (χ4v) is 2.48. The van der Waals surface area contributed by atoms with Crippen molar-refractivity contribution in [3.8, 4) is 0 Å². The first kappa shape index (κ1) is 16.1. The molecule has 3 N–H and O–H groups in total. The number of nitrogens with one attached hydrogen (secondary N) is 1. The molecule has 0 radical (unpaired) electrons. The normalized spacial score (nSPS) is 12.1. The number of benzene rings is 1. The number of rotatable bonds is 7. The van der Waals surface area contributed by atoms with Crippen LogP contribution in [0.5, 0.6) is 0 Å². The van der Waals surface area contributed by atoms with Crippen molar-refractivity contribution in [2.75, 3.05) is 12.4 Å². The van der Waals surface area contributed by atoms with E-state index in [1.165, 1.54) is 24.2 Å². The van der Waals surface area contributed by atoms with Gasteiger partial charge in [-0.25, -0.2) is 14.4 Å². The fourth-order valence-electron chi connectivity index (χ4n) is 1.74. The monoisotopic (exact) mass is 318 g/mol. The standard InChI is InChI=1S/C15H15FN4OS/c16-4-1-5-18-10-22-14(15(17)21)7-11-2-3-13-12(6-11)8-19-9-20-13/h1-4,6-9,18H,5,10H2,(H2,17,21)/b4-1+,14-7-. The van der Waals surface area contributed by atoms with Crippen LogP contribution in [0.4, 0.5) is 4.39 Å². The van der Waals surface area contributed by atoms with Crippen molar-refractivity contribution in [3.63, 3.8) is 0 Å². The van der Waals surface area contributed by atoms with Gasteiger partial charge in [0.25, 0.3) is 5.91 Å². The zero-order valence-electron chi connectivity index (χ0n) is 11.7. The molecule has 0 saturated carbocycles. The first-order chi connectivity index (χ1) is 10.7. The van der Waals surface area contributed by atoms with E-state index in [0.717, 1.165) is 16.5 Å². The Kier molecular flexibility index (Phi) is 6.05. The summed E-state index contributed by atoms with van der Waals surface area (Å²) in [4.78, 5) is 20.0. The molecule has 0 aliphatic carbocycles. The third kappa shape index (κ3) is 4.64. The SMILES string of the molecule is NC(=O)/C(=C/c1ccc2ncncc2c1)SCNC/C=C/F. The fraction of sp³-hybridized carbons (Fsp3) is 0.133. The van der Waals surface area contributed by atoms with Crippen LogP contribution in [0.25, 0.3) is 17.0 Å². The smallest absolute Gasteiger partial charge is 0.255 e. The molecule has 7 heteroatoms. The molecule has 114 valence electrons. The van der Waals surface area contributed by atoms with E-state index in [-0.39, 0.29) is 0 Å². The van der Waals surface area contributed by atoms with Crippen LogP contribution in [-0.2, 0) is 4.79 Å². The predicted molar refractivity (Wildman–Crippen MR) is 87.4 cm³/mol. The van der Waals surface area contributed by atoms with E-state index < -0.39 is 5.91 Å². The summed E-state index contributed by atoms with van der Waals surface area (Å²) in [5, 5.41) is 3.84.